The number of carbonyl (C=O) groups is 2. The fourth-order valence-corrected chi connectivity index (χ4v) is 3.92. The number of nitrogens with zero attached hydrogens (tertiary/aromatic N) is 2. The van der Waals surface area contributed by atoms with E-state index in [0.29, 0.717) is 45.0 Å². The van der Waals surface area contributed by atoms with Gasteiger partial charge >= 0.3 is 6.09 Å². The van der Waals surface area contributed by atoms with Crippen LogP contribution in [0.15, 0.2) is 18.2 Å². The molecule has 0 spiro atoms. The van der Waals surface area contributed by atoms with Crippen LogP contribution in [0.4, 0.5) is 4.79 Å². The van der Waals surface area contributed by atoms with Crippen LogP contribution in [0.2, 0.25) is 0 Å². The Bertz CT molecular complexity index is 708. The number of methoxy groups -OCH3 is 1. The molecule has 1 aromatic rings. The molecule has 2 aliphatic rings. The Kier molecular flexibility index (Phi) is 6.65. The zero-order chi connectivity index (χ0) is 20.1. The third-order valence-electron chi connectivity index (χ3n) is 5.49. The van der Waals surface area contributed by atoms with E-state index >= 15 is 0 Å². The summed E-state index contributed by atoms with van der Waals surface area (Å²) in [6.45, 7) is 6.42. The molecule has 28 heavy (non-hydrogen) atoms. The minimum absolute atomic E-state index is 0.0104. The molecular formula is C21H30N2O5. The summed E-state index contributed by atoms with van der Waals surface area (Å²) in [5.74, 6) is 1.49. The van der Waals surface area contributed by atoms with E-state index in [1.54, 1.807) is 12.0 Å². The largest absolute Gasteiger partial charge is 0.497 e. The molecule has 1 aromatic carbocycles. The van der Waals surface area contributed by atoms with Crippen molar-refractivity contribution >= 4 is 12.0 Å². The average molecular weight is 390 g/mol. The van der Waals surface area contributed by atoms with Crippen molar-refractivity contribution in [3.8, 4) is 11.5 Å². The fourth-order valence-electron chi connectivity index (χ4n) is 3.92. The van der Waals surface area contributed by atoms with Crippen molar-refractivity contribution in [3.05, 3.63) is 23.8 Å². The minimum atomic E-state index is -0.357. The number of carbonyl (C=O) groups excluding carboxylic acids is 2. The van der Waals surface area contributed by atoms with Gasteiger partial charge < -0.3 is 24.0 Å². The maximum atomic E-state index is 12.9. The summed E-state index contributed by atoms with van der Waals surface area (Å²) in [6.07, 6.45) is 1.73. The Morgan fingerprint density at radius 1 is 1.32 bits per heavy atom. The first-order valence-electron chi connectivity index (χ1n) is 10.1. The van der Waals surface area contributed by atoms with Gasteiger partial charge in [0.1, 0.15) is 11.5 Å². The van der Waals surface area contributed by atoms with Crippen LogP contribution in [0.5, 0.6) is 11.5 Å². The molecule has 2 aliphatic heterocycles. The SMILES string of the molecule is CCCCOC(=O)N1CCC(=O)N(CC)C[C@H]2COc3cc(OC)ccc3[C@H]21. The number of amides is 2. The van der Waals surface area contributed by atoms with Crippen molar-refractivity contribution in [3.63, 3.8) is 0 Å². The zero-order valence-corrected chi connectivity index (χ0v) is 17.0. The quantitative estimate of drug-likeness (QED) is 0.722. The summed E-state index contributed by atoms with van der Waals surface area (Å²) < 4.78 is 16.8. The number of ether oxygens (including phenoxy) is 3. The molecule has 154 valence electrons. The van der Waals surface area contributed by atoms with E-state index in [9.17, 15) is 9.59 Å². The molecule has 2 amide bonds. The number of hydrogen-bond donors (Lipinski definition) is 0. The molecule has 0 bridgehead atoms. The molecule has 0 aliphatic carbocycles. The van der Waals surface area contributed by atoms with Gasteiger partial charge in [0.25, 0.3) is 0 Å². The Morgan fingerprint density at radius 2 is 2.14 bits per heavy atom. The highest BCUT2D eigenvalue weighted by Crippen LogP contribution is 2.42. The second kappa shape index (κ2) is 9.17. The van der Waals surface area contributed by atoms with Gasteiger partial charge in [0.05, 0.1) is 26.4 Å². The predicted octanol–water partition coefficient (Wildman–Crippen LogP) is 3.24. The standard InChI is InChI=1S/C21H30N2O5/c1-4-6-11-27-21(25)23-10-9-19(24)22(5-2)13-15-14-28-18-12-16(26-3)7-8-17(18)20(15)23/h7-8,12,15,20H,4-6,9-11,13-14H2,1-3H3/t15-,20-/m0/s1. The van der Waals surface area contributed by atoms with Crippen molar-refractivity contribution in [1.29, 1.82) is 0 Å². The highest BCUT2D eigenvalue weighted by atomic mass is 16.6. The smallest absolute Gasteiger partial charge is 0.410 e. The van der Waals surface area contributed by atoms with Gasteiger partial charge in [0.15, 0.2) is 0 Å². The van der Waals surface area contributed by atoms with Crippen molar-refractivity contribution < 1.29 is 23.8 Å². The van der Waals surface area contributed by atoms with E-state index in [2.05, 4.69) is 6.92 Å². The lowest BCUT2D eigenvalue weighted by Gasteiger charge is -2.43. The Balaban J connectivity index is 1.94. The van der Waals surface area contributed by atoms with Crippen LogP contribution >= 0.6 is 0 Å². The van der Waals surface area contributed by atoms with Crippen LogP contribution in [0.1, 0.15) is 44.7 Å². The van der Waals surface area contributed by atoms with E-state index in [1.807, 2.05) is 30.0 Å². The van der Waals surface area contributed by atoms with Gasteiger partial charge in [-0.2, -0.15) is 0 Å². The Morgan fingerprint density at radius 3 is 2.86 bits per heavy atom. The lowest BCUT2D eigenvalue weighted by Crippen LogP contribution is -2.51. The number of unbranched alkanes of at least 4 members (excludes halogenated alkanes) is 1. The summed E-state index contributed by atoms with van der Waals surface area (Å²) >= 11 is 0. The van der Waals surface area contributed by atoms with Crippen molar-refractivity contribution in [2.24, 2.45) is 5.92 Å². The van der Waals surface area contributed by atoms with E-state index < -0.39 is 0 Å². The Labute approximate surface area is 166 Å². The molecule has 7 nitrogen and oxygen atoms in total. The number of rotatable bonds is 5. The normalized spacial score (nSPS) is 21.8. The van der Waals surface area contributed by atoms with Gasteiger partial charge in [0, 0.05) is 43.6 Å². The predicted molar refractivity (Wildman–Crippen MR) is 105 cm³/mol. The highest BCUT2D eigenvalue weighted by molar-refractivity contribution is 5.78. The van der Waals surface area contributed by atoms with Gasteiger partial charge in [-0.05, 0) is 25.5 Å². The van der Waals surface area contributed by atoms with Gasteiger partial charge in [-0.25, -0.2) is 4.79 Å². The maximum absolute atomic E-state index is 12.9. The lowest BCUT2D eigenvalue weighted by molar-refractivity contribution is -0.134. The van der Waals surface area contributed by atoms with Crippen LogP contribution in [0.25, 0.3) is 0 Å². The van der Waals surface area contributed by atoms with Crippen molar-refractivity contribution in [2.75, 3.05) is 40.0 Å². The van der Waals surface area contributed by atoms with Crippen molar-refractivity contribution in [2.45, 2.75) is 39.2 Å². The van der Waals surface area contributed by atoms with Gasteiger partial charge in [-0.15, -0.1) is 0 Å². The first kappa shape index (κ1) is 20.3. The minimum Gasteiger partial charge on any atom is -0.497 e. The topological polar surface area (TPSA) is 68.3 Å². The molecule has 7 heteroatoms. The molecule has 1 fully saturated rings. The molecule has 1 saturated heterocycles. The molecule has 0 radical (unpaired) electrons. The van der Waals surface area contributed by atoms with E-state index in [0.717, 1.165) is 24.2 Å². The first-order chi connectivity index (χ1) is 13.6. The van der Waals surface area contributed by atoms with Crippen LogP contribution in [0.3, 0.4) is 0 Å². The zero-order valence-electron chi connectivity index (χ0n) is 17.0. The van der Waals surface area contributed by atoms with E-state index in [1.165, 1.54) is 0 Å². The maximum Gasteiger partial charge on any atom is 0.410 e. The molecule has 0 saturated carbocycles. The molecule has 0 unspecified atom stereocenters. The summed E-state index contributed by atoms with van der Waals surface area (Å²) in [5, 5.41) is 0. The van der Waals surface area contributed by atoms with Gasteiger partial charge in [-0.3, -0.25) is 4.79 Å². The fraction of sp³-hybridized carbons (Fsp3) is 0.619. The van der Waals surface area contributed by atoms with Crippen LogP contribution < -0.4 is 9.47 Å². The van der Waals surface area contributed by atoms with Crippen molar-refractivity contribution in [1.82, 2.24) is 9.80 Å². The third kappa shape index (κ3) is 4.18. The average Bonchev–Trinajstić information content (AvgIpc) is 2.70. The summed E-state index contributed by atoms with van der Waals surface area (Å²) in [7, 11) is 1.62. The number of fused-ring (bicyclic) bond motifs is 3. The van der Waals surface area contributed by atoms with Crippen LogP contribution in [-0.4, -0.2) is 61.8 Å². The van der Waals surface area contributed by atoms with Gasteiger partial charge in [-0.1, -0.05) is 13.3 Å². The summed E-state index contributed by atoms with van der Waals surface area (Å²) in [4.78, 5) is 29.0. The number of hydrogen-bond acceptors (Lipinski definition) is 5. The van der Waals surface area contributed by atoms with E-state index in [4.69, 9.17) is 14.2 Å². The second-order valence-electron chi connectivity index (χ2n) is 7.26. The van der Waals surface area contributed by atoms with Crippen LogP contribution in [-0.2, 0) is 9.53 Å². The third-order valence-corrected chi connectivity index (χ3v) is 5.49. The first-order valence-corrected chi connectivity index (χ1v) is 10.1. The molecule has 0 N–H and O–H groups in total. The second-order valence-corrected chi connectivity index (χ2v) is 7.26. The van der Waals surface area contributed by atoms with Crippen LogP contribution in [0, 0.1) is 5.92 Å². The Hall–Kier alpha value is -2.44. The van der Waals surface area contributed by atoms with Gasteiger partial charge in [0.2, 0.25) is 5.91 Å². The lowest BCUT2D eigenvalue weighted by atomic mass is 9.87. The number of benzene rings is 1. The highest BCUT2D eigenvalue weighted by Gasteiger charge is 2.41. The summed E-state index contributed by atoms with van der Waals surface area (Å²) in [5.41, 5.74) is 0.940. The molecule has 0 aromatic heterocycles. The molecule has 2 atom stereocenters. The summed E-state index contributed by atoms with van der Waals surface area (Å²) in [6, 6.07) is 5.50. The monoisotopic (exact) mass is 390 g/mol. The van der Waals surface area contributed by atoms with E-state index in [-0.39, 0.29) is 24.0 Å². The molecular weight excluding hydrogens is 360 g/mol. The molecule has 3 rings (SSSR count). The molecule has 2 heterocycles.